The van der Waals surface area contributed by atoms with Gasteiger partial charge in [-0.2, -0.15) is 5.10 Å². The van der Waals surface area contributed by atoms with Crippen molar-refractivity contribution in [2.45, 2.75) is 0 Å². The fraction of sp³-hybridized carbons (Fsp3) is 0. The van der Waals surface area contributed by atoms with E-state index in [9.17, 15) is 13.6 Å². The highest BCUT2D eigenvalue weighted by molar-refractivity contribution is 6.27. The lowest BCUT2D eigenvalue weighted by Crippen LogP contribution is -2.12. The monoisotopic (exact) mass is 311 g/mol. The first-order valence-electron chi connectivity index (χ1n) is 6.76. The molecule has 0 aliphatic heterocycles. The van der Waals surface area contributed by atoms with Crippen LogP contribution in [-0.4, -0.2) is 20.5 Å². The van der Waals surface area contributed by atoms with E-state index >= 15 is 0 Å². The Morgan fingerprint density at radius 3 is 2.52 bits per heavy atom. The molecule has 1 heterocycles. The van der Waals surface area contributed by atoms with Gasteiger partial charge in [-0.1, -0.05) is 30.3 Å². The first-order valence-corrected chi connectivity index (χ1v) is 6.76. The number of benzene rings is 2. The molecular formula is C17H11F2N3O. The molecule has 0 saturated heterocycles. The number of carbonyl (C=O) groups is 1. The molecule has 0 radical (unpaired) electrons. The summed E-state index contributed by atoms with van der Waals surface area (Å²) in [6, 6.07) is 11.9. The summed E-state index contributed by atoms with van der Waals surface area (Å²) in [5.74, 6) is -2.28. The van der Waals surface area contributed by atoms with Crippen molar-refractivity contribution in [3.8, 4) is 0 Å². The molecule has 0 spiro atoms. The van der Waals surface area contributed by atoms with Gasteiger partial charge in [0.15, 0.2) is 0 Å². The Morgan fingerprint density at radius 2 is 1.87 bits per heavy atom. The summed E-state index contributed by atoms with van der Waals surface area (Å²) in [6.45, 7) is 0. The van der Waals surface area contributed by atoms with Crippen molar-refractivity contribution in [2.75, 3.05) is 0 Å². The maximum atomic E-state index is 13.9. The molecule has 0 N–H and O–H groups in total. The van der Waals surface area contributed by atoms with Crippen LogP contribution in [-0.2, 0) is 0 Å². The first-order chi connectivity index (χ1) is 11.1. The molecule has 6 heteroatoms. The van der Waals surface area contributed by atoms with E-state index in [0.717, 1.165) is 17.7 Å². The number of halogens is 2. The van der Waals surface area contributed by atoms with Crippen molar-refractivity contribution in [2.24, 2.45) is 0 Å². The minimum atomic E-state index is -0.922. The standard InChI is InChI=1S/C17H11F2N3O/c18-13-6-7-14(15(19)9-13)17(23)16(22-11-20-10-21-22)8-12-4-2-1-3-5-12/h1-11H/b16-8-. The predicted molar refractivity (Wildman–Crippen MR) is 81.3 cm³/mol. The lowest BCUT2D eigenvalue weighted by molar-refractivity contribution is 0.104. The molecule has 4 nitrogen and oxygen atoms in total. The summed E-state index contributed by atoms with van der Waals surface area (Å²) in [4.78, 5) is 16.5. The van der Waals surface area contributed by atoms with E-state index in [4.69, 9.17) is 0 Å². The van der Waals surface area contributed by atoms with Gasteiger partial charge in [-0.3, -0.25) is 4.79 Å². The molecule has 0 saturated carbocycles. The van der Waals surface area contributed by atoms with Gasteiger partial charge < -0.3 is 0 Å². The molecule has 0 bridgehead atoms. The van der Waals surface area contributed by atoms with E-state index in [2.05, 4.69) is 10.1 Å². The molecule has 0 aliphatic carbocycles. The zero-order chi connectivity index (χ0) is 16.2. The maximum absolute atomic E-state index is 13.9. The van der Waals surface area contributed by atoms with Crippen LogP contribution < -0.4 is 0 Å². The van der Waals surface area contributed by atoms with Crippen LogP contribution in [0.3, 0.4) is 0 Å². The minimum absolute atomic E-state index is 0.110. The number of carbonyl (C=O) groups excluding carboxylic acids is 1. The average Bonchev–Trinajstić information content (AvgIpc) is 3.07. The summed E-state index contributed by atoms with van der Waals surface area (Å²) in [6.07, 6.45) is 4.18. The van der Waals surface area contributed by atoms with Crippen molar-refractivity contribution in [3.63, 3.8) is 0 Å². The second-order valence-electron chi connectivity index (χ2n) is 4.73. The molecule has 0 amide bonds. The summed E-state index contributed by atoms with van der Waals surface area (Å²) < 4.78 is 28.2. The molecular weight excluding hydrogens is 300 g/mol. The smallest absolute Gasteiger partial charge is 0.214 e. The third kappa shape index (κ3) is 3.21. The SMILES string of the molecule is O=C(/C(=C/c1ccccc1)n1cncn1)c1ccc(F)cc1F. The van der Waals surface area contributed by atoms with E-state index < -0.39 is 17.4 Å². The zero-order valence-corrected chi connectivity index (χ0v) is 11.9. The van der Waals surface area contributed by atoms with Gasteiger partial charge in [0.25, 0.3) is 0 Å². The van der Waals surface area contributed by atoms with Gasteiger partial charge in [-0.25, -0.2) is 18.4 Å². The Morgan fingerprint density at radius 1 is 1.09 bits per heavy atom. The lowest BCUT2D eigenvalue weighted by atomic mass is 10.1. The zero-order valence-electron chi connectivity index (χ0n) is 11.9. The highest BCUT2D eigenvalue weighted by Crippen LogP contribution is 2.19. The van der Waals surface area contributed by atoms with Gasteiger partial charge in [0.2, 0.25) is 5.78 Å². The van der Waals surface area contributed by atoms with Gasteiger partial charge in [0, 0.05) is 6.07 Å². The van der Waals surface area contributed by atoms with Crippen LogP contribution >= 0.6 is 0 Å². The average molecular weight is 311 g/mol. The van der Waals surface area contributed by atoms with Crippen molar-refractivity contribution < 1.29 is 13.6 Å². The highest BCUT2D eigenvalue weighted by atomic mass is 19.1. The van der Waals surface area contributed by atoms with E-state index in [0.29, 0.717) is 6.07 Å². The maximum Gasteiger partial charge on any atom is 0.214 e. The molecule has 3 aromatic rings. The van der Waals surface area contributed by atoms with Crippen LogP contribution in [0, 0.1) is 11.6 Å². The molecule has 1 aromatic heterocycles. The predicted octanol–water partition coefficient (Wildman–Crippen LogP) is 3.44. The van der Waals surface area contributed by atoms with Crippen molar-refractivity contribution in [1.29, 1.82) is 0 Å². The first kappa shape index (κ1) is 14.8. The van der Waals surface area contributed by atoms with Crippen molar-refractivity contribution in [1.82, 2.24) is 14.8 Å². The summed E-state index contributed by atoms with van der Waals surface area (Å²) in [5.41, 5.74) is 0.622. The van der Waals surface area contributed by atoms with Gasteiger partial charge in [-0.15, -0.1) is 0 Å². The van der Waals surface area contributed by atoms with E-state index in [1.165, 1.54) is 17.3 Å². The van der Waals surface area contributed by atoms with Gasteiger partial charge in [0.05, 0.1) is 5.56 Å². The molecule has 0 aliphatic rings. The van der Waals surface area contributed by atoms with Crippen LogP contribution in [0.4, 0.5) is 8.78 Å². The Labute approximate surface area is 130 Å². The largest absolute Gasteiger partial charge is 0.287 e. The van der Waals surface area contributed by atoms with Crippen LogP contribution in [0.5, 0.6) is 0 Å². The molecule has 0 atom stereocenters. The van der Waals surface area contributed by atoms with Crippen LogP contribution in [0.15, 0.2) is 61.2 Å². The summed E-state index contributed by atoms with van der Waals surface area (Å²) in [5, 5.41) is 3.93. The molecule has 3 rings (SSSR count). The van der Waals surface area contributed by atoms with E-state index in [-0.39, 0.29) is 11.3 Å². The van der Waals surface area contributed by atoms with Gasteiger partial charge in [0.1, 0.15) is 30.0 Å². The Balaban J connectivity index is 2.09. The third-order valence-corrected chi connectivity index (χ3v) is 3.18. The van der Waals surface area contributed by atoms with Crippen molar-refractivity contribution in [3.05, 3.63) is 83.9 Å². The van der Waals surface area contributed by atoms with Crippen LogP contribution in [0.25, 0.3) is 11.8 Å². The van der Waals surface area contributed by atoms with Gasteiger partial charge in [-0.05, 0) is 23.8 Å². The molecule has 114 valence electrons. The van der Waals surface area contributed by atoms with Crippen molar-refractivity contribution >= 4 is 17.6 Å². The number of ketones is 1. The third-order valence-electron chi connectivity index (χ3n) is 3.18. The fourth-order valence-corrected chi connectivity index (χ4v) is 2.09. The lowest BCUT2D eigenvalue weighted by Gasteiger charge is -2.08. The topological polar surface area (TPSA) is 47.8 Å². The number of hydrogen-bond acceptors (Lipinski definition) is 3. The van der Waals surface area contributed by atoms with Crippen LogP contribution in [0.2, 0.25) is 0 Å². The second kappa shape index (κ2) is 6.31. The van der Waals surface area contributed by atoms with Gasteiger partial charge >= 0.3 is 0 Å². The molecule has 0 unspecified atom stereocenters. The Hall–Kier alpha value is -3.15. The van der Waals surface area contributed by atoms with E-state index in [1.807, 2.05) is 18.2 Å². The number of hydrogen-bond donors (Lipinski definition) is 0. The molecule has 2 aromatic carbocycles. The second-order valence-corrected chi connectivity index (χ2v) is 4.73. The number of rotatable bonds is 4. The Kier molecular flexibility index (Phi) is 4.05. The summed E-state index contributed by atoms with van der Waals surface area (Å²) in [7, 11) is 0. The normalized spacial score (nSPS) is 11.5. The fourth-order valence-electron chi connectivity index (χ4n) is 2.09. The Bertz CT molecular complexity index is 859. The van der Waals surface area contributed by atoms with E-state index in [1.54, 1.807) is 18.2 Å². The quantitative estimate of drug-likeness (QED) is 0.548. The number of allylic oxidation sites excluding steroid dienone is 1. The summed E-state index contributed by atoms with van der Waals surface area (Å²) >= 11 is 0. The number of aromatic nitrogens is 3. The highest BCUT2D eigenvalue weighted by Gasteiger charge is 2.19. The molecule has 0 fully saturated rings. The number of Topliss-reactive ketones (excluding diaryl/α,β-unsaturated/α-hetero) is 1. The van der Waals surface area contributed by atoms with Crippen LogP contribution in [0.1, 0.15) is 15.9 Å². The minimum Gasteiger partial charge on any atom is -0.287 e. The molecule has 23 heavy (non-hydrogen) atoms. The number of nitrogens with zero attached hydrogens (tertiary/aromatic N) is 3.